The van der Waals surface area contributed by atoms with E-state index in [4.69, 9.17) is 5.73 Å². The SMILES string of the molecule is NC(=O)c1cnc2[nH]ccc2c1NC1C[C@H]2CC[C@@H](C1)N2c1ccc(CO)cn1. The highest BCUT2D eigenvalue weighted by Crippen LogP contribution is 2.40. The first-order chi connectivity index (χ1) is 14.1. The third kappa shape index (κ3) is 3.09. The van der Waals surface area contributed by atoms with E-state index in [9.17, 15) is 9.90 Å². The van der Waals surface area contributed by atoms with Gasteiger partial charge in [-0.3, -0.25) is 4.79 Å². The van der Waals surface area contributed by atoms with Crippen molar-refractivity contribution in [3.63, 3.8) is 0 Å². The zero-order chi connectivity index (χ0) is 20.0. The molecule has 5 rings (SSSR count). The van der Waals surface area contributed by atoms with Gasteiger partial charge < -0.3 is 26.0 Å². The first kappa shape index (κ1) is 17.9. The van der Waals surface area contributed by atoms with E-state index in [0.717, 1.165) is 53.8 Å². The smallest absolute Gasteiger partial charge is 0.252 e. The molecule has 0 aliphatic carbocycles. The Balaban J connectivity index is 1.39. The molecule has 5 N–H and O–H groups in total. The van der Waals surface area contributed by atoms with Crippen LogP contribution in [0.4, 0.5) is 11.5 Å². The van der Waals surface area contributed by atoms with E-state index in [1.54, 1.807) is 12.4 Å². The fourth-order valence-electron chi connectivity index (χ4n) is 4.89. The number of fused-ring (bicyclic) bond motifs is 3. The van der Waals surface area contributed by atoms with Crippen molar-refractivity contribution in [3.8, 4) is 0 Å². The van der Waals surface area contributed by atoms with Crippen molar-refractivity contribution < 1.29 is 9.90 Å². The number of carbonyl (C=O) groups excluding carboxylic acids is 1. The van der Waals surface area contributed by atoms with Gasteiger partial charge in [-0.1, -0.05) is 6.07 Å². The minimum atomic E-state index is -0.475. The maximum absolute atomic E-state index is 12.0. The molecule has 2 fully saturated rings. The molecule has 0 saturated carbocycles. The summed E-state index contributed by atoms with van der Waals surface area (Å²) < 4.78 is 0. The number of rotatable bonds is 5. The molecule has 0 aromatic carbocycles. The summed E-state index contributed by atoms with van der Waals surface area (Å²) in [5.74, 6) is 0.500. The summed E-state index contributed by atoms with van der Waals surface area (Å²) in [5, 5.41) is 13.7. The Morgan fingerprint density at radius 3 is 2.66 bits per heavy atom. The van der Waals surface area contributed by atoms with E-state index in [1.807, 2.05) is 24.4 Å². The van der Waals surface area contributed by atoms with Gasteiger partial charge in [0.2, 0.25) is 0 Å². The molecular formula is C21H24N6O2. The fourth-order valence-corrected chi connectivity index (χ4v) is 4.89. The van der Waals surface area contributed by atoms with Crippen molar-refractivity contribution in [1.82, 2.24) is 15.0 Å². The maximum Gasteiger partial charge on any atom is 0.252 e. The average molecular weight is 392 g/mol. The lowest BCUT2D eigenvalue weighted by Gasteiger charge is -2.40. The topological polar surface area (TPSA) is 120 Å². The van der Waals surface area contributed by atoms with Gasteiger partial charge in [-0.05, 0) is 43.4 Å². The van der Waals surface area contributed by atoms with Crippen LogP contribution in [0.1, 0.15) is 41.6 Å². The van der Waals surface area contributed by atoms with Gasteiger partial charge in [-0.2, -0.15) is 0 Å². The molecule has 150 valence electrons. The monoisotopic (exact) mass is 392 g/mol. The number of nitrogens with two attached hydrogens (primary N) is 1. The molecule has 3 aromatic rings. The average Bonchev–Trinajstić information content (AvgIpc) is 3.31. The van der Waals surface area contributed by atoms with Gasteiger partial charge in [0.1, 0.15) is 11.5 Å². The van der Waals surface area contributed by atoms with E-state index in [0.29, 0.717) is 17.6 Å². The molecule has 2 aliphatic heterocycles. The highest BCUT2D eigenvalue weighted by Gasteiger charge is 2.41. The second-order valence-corrected chi connectivity index (χ2v) is 7.94. The molecule has 5 heterocycles. The zero-order valence-electron chi connectivity index (χ0n) is 16.0. The molecule has 1 unspecified atom stereocenters. The number of pyridine rings is 2. The van der Waals surface area contributed by atoms with Crippen LogP contribution in [0.2, 0.25) is 0 Å². The molecule has 3 aromatic heterocycles. The normalized spacial score (nSPS) is 23.5. The molecule has 8 heteroatoms. The van der Waals surface area contributed by atoms with Gasteiger partial charge >= 0.3 is 0 Å². The Bertz CT molecular complexity index is 1030. The van der Waals surface area contributed by atoms with E-state index in [2.05, 4.69) is 25.2 Å². The van der Waals surface area contributed by atoms with Crippen LogP contribution in [0.3, 0.4) is 0 Å². The molecule has 29 heavy (non-hydrogen) atoms. The third-order valence-electron chi connectivity index (χ3n) is 6.19. The number of hydrogen-bond acceptors (Lipinski definition) is 6. The molecule has 0 spiro atoms. The molecule has 0 radical (unpaired) electrons. The van der Waals surface area contributed by atoms with Crippen molar-refractivity contribution in [2.45, 2.75) is 50.4 Å². The minimum absolute atomic E-state index is 0.00782. The van der Waals surface area contributed by atoms with Crippen LogP contribution in [0.25, 0.3) is 11.0 Å². The van der Waals surface area contributed by atoms with Crippen LogP contribution in [-0.4, -0.2) is 44.1 Å². The van der Waals surface area contributed by atoms with Crippen LogP contribution >= 0.6 is 0 Å². The molecule has 2 bridgehead atoms. The van der Waals surface area contributed by atoms with Crippen molar-refractivity contribution in [2.24, 2.45) is 5.73 Å². The Kier molecular flexibility index (Phi) is 4.35. The van der Waals surface area contributed by atoms with E-state index in [1.165, 1.54) is 0 Å². The molecule has 8 nitrogen and oxygen atoms in total. The Morgan fingerprint density at radius 2 is 2.00 bits per heavy atom. The number of amides is 1. The number of hydrogen-bond donors (Lipinski definition) is 4. The summed E-state index contributed by atoms with van der Waals surface area (Å²) in [6, 6.07) is 6.91. The van der Waals surface area contributed by atoms with Crippen molar-refractivity contribution in [3.05, 3.63) is 47.9 Å². The number of carbonyl (C=O) groups is 1. The number of piperidine rings is 1. The number of anilines is 2. The van der Waals surface area contributed by atoms with Crippen LogP contribution in [0.5, 0.6) is 0 Å². The fraction of sp³-hybridized carbons (Fsp3) is 0.381. The second-order valence-electron chi connectivity index (χ2n) is 7.94. The number of aliphatic hydroxyl groups is 1. The van der Waals surface area contributed by atoms with E-state index < -0.39 is 5.91 Å². The van der Waals surface area contributed by atoms with Crippen molar-refractivity contribution in [1.29, 1.82) is 0 Å². The number of aliphatic hydroxyl groups excluding tert-OH is 1. The molecular weight excluding hydrogens is 368 g/mol. The van der Waals surface area contributed by atoms with Crippen molar-refractivity contribution in [2.75, 3.05) is 10.2 Å². The number of H-pyrrole nitrogens is 1. The molecule has 2 saturated heterocycles. The van der Waals surface area contributed by atoms with Crippen LogP contribution in [0.15, 0.2) is 36.8 Å². The summed E-state index contributed by atoms with van der Waals surface area (Å²) in [6.45, 7) is 0.00782. The lowest BCUT2D eigenvalue weighted by Crippen LogP contribution is -2.47. The number of aromatic amines is 1. The van der Waals surface area contributed by atoms with Gasteiger partial charge in [0.05, 0.1) is 17.9 Å². The van der Waals surface area contributed by atoms with Crippen LogP contribution in [0, 0.1) is 0 Å². The Labute approximate surface area is 168 Å². The van der Waals surface area contributed by atoms with E-state index >= 15 is 0 Å². The molecule has 3 atom stereocenters. The van der Waals surface area contributed by atoms with Gasteiger partial charge in [0.25, 0.3) is 5.91 Å². The predicted molar refractivity (Wildman–Crippen MR) is 111 cm³/mol. The van der Waals surface area contributed by atoms with Crippen LogP contribution in [-0.2, 0) is 6.61 Å². The number of aromatic nitrogens is 3. The lowest BCUT2D eigenvalue weighted by molar-refractivity contribution is 0.100. The Morgan fingerprint density at radius 1 is 1.21 bits per heavy atom. The third-order valence-corrected chi connectivity index (χ3v) is 6.19. The van der Waals surface area contributed by atoms with Gasteiger partial charge in [0, 0.05) is 42.1 Å². The van der Waals surface area contributed by atoms with E-state index in [-0.39, 0.29) is 12.6 Å². The molecule has 1 amide bonds. The number of nitrogens with one attached hydrogen (secondary N) is 2. The number of nitrogens with zero attached hydrogens (tertiary/aromatic N) is 3. The maximum atomic E-state index is 12.0. The first-order valence-electron chi connectivity index (χ1n) is 10.0. The minimum Gasteiger partial charge on any atom is -0.392 e. The first-order valence-corrected chi connectivity index (χ1v) is 10.0. The predicted octanol–water partition coefficient (Wildman–Crippen LogP) is 2.16. The molecule has 2 aliphatic rings. The quantitative estimate of drug-likeness (QED) is 0.528. The number of primary amides is 1. The summed E-state index contributed by atoms with van der Waals surface area (Å²) in [7, 11) is 0. The summed E-state index contributed by atoms with van der Waals surface area (Å²) in [5.41, 5.74) is 8.36. The highest BCUT2D eigenvalue weighted by molar-refractivity contribution is 6.06. The standard InChI is InChI=1S/C21H24N6O2/c22-20(29)17-10-25-21-16(5-6-23-21)19(17)26-13-7-14-2-3-15(8-13)27(14)18-4-1-12(11-28)9-24-18/h1,4-6,9-10,13-15,28H,2-3,7-8,11H2,(H2,22,29)(H2,23,25,26)/t13?,14-,15+. The second kappa shape index (κ2) is 7.04. The van der Waals surface area contributed by atoms with Gasteiger partial charge in [-0.25, -0.2) is 9.97 Å². The van der Waals surface area contributed by atoms with Crippen molar-refractivity contribution >= 4 is 28.4 Å². The Hall–Kier alpha value is -3.13. The van der Waals surface area contributed by atoms with Gasteiger partial charge in [0.15, 0.2) is 0 Å². The summed E-state index contributed by atoms with van der Waals surface area (Å²) >= 11 is 0. The summed E-state index contributed by atoms with van der Waals surface area (Å²) in [6.07, 6.45) is 9.30. The summed E-state index contributed by atoms with van der Waals surface area (Å²) in [4.78, 5) is 26.3. The van der Waals surface area contributed by atoms with Crippen LogP contribution < -0.4 is 16.0 Å². The largest absolute Gasteiger partial charge is 0.392 e. The van der Waals surface area contributed by atoms with Gasteiger partial charge in [-0.15, -0.1) is 0 Å². The highest BCUT2D eigenvalue weighted by atomic mass is 16.3. The lowest BCUT2D eigenvalue weighted by atomic mass is 9.96. The zero-order valence-corrected chi connectivity index (χ0v) is 16.0.